The summed E-state index contributed by atoms with van der Waals surface area (Å²) in [6.45, 7) is 12.6. The van der Waals surface area contributed by atoms with Crippen LogP contribution in [-0.2, 0) is 10.8 Å². The second-order valence-corrected chi connectivity index (χ2v) is 8.27. The Kier molecular flexibility index (Phi) is 12.3. The Labute approximate surface area is 200 Å². The molecule has 0 saturated carbocycles. The summed E-state index contributed by atoms with van der Waals surface area (Å²) in [5.74, 6) is -1.75. The predicted molar refractivity (Wildman–Crippen MR) is 110 cm³/mol. The van der Waals surface area contributed by atoms with Crippen LogP contribution < -0.4 is 29.6 Å². The van der Waals surface area contributed by atoms with Gasteiger partial charge in [-0.2, -0.15) is 0 Å². The van der Waals surface area contributed by atoms with E-state index in [-0.39, 0.29) is 57.7 Å². The van der Waals surface area contributed by atoms with Gasteiger partial charge in [-0.05, 0) is 46.2 Å². The molecule has 0 aromatic heterocycles. The Hall–Kier alpha value is -1.09. The van der Waals surface area contributed by atoms with Crippen LogP contribution in [0.15, 0.2) is 48.5 Å². The maximum atomic E-state index is 10.6. The summed E-state index contributed by atoms with van der Waals surface area (Å²) in [5, 5.41) is 17.4. The minimum Gasteiger partial charge on any atom is -0.478 e. The van der Waals surface area contributed by atoms with Crippen molar-refractivity contribution in [2.24, 2.45) is 0 Å². The van der Waals surface area contributed by atoms with Gasteiger partial charge in [-0.1, -0.05) is 65.8 Å². The number of hydrogen-bond acceptors (Lipinski definition) is 2. The first-order valence-corrected chi connectivity index (χ1v) is 8.50. The molecule has 0 unspecified atom stereocenters. The minimum absolute atomic E-state index is 0. The van der Waals surface area contributed by atoms with Crippen molar-refractivity contribution in [2.75, 3.05) is 0 Å². The third-order valence-electron chi connectivity index (χ3n) is 4.00. The molecule has 0 aliphatic rings. The third kappa shape index (κ3) is 9.41. The van der Waals surface area contributed by atoms with Crippen molar-refractivity contribution >= 4 is 29.3 Å². The summed E-state index contributed by atoms with van der Waals surface area (Å²) >= 11 is 0. The van der Waals surface area contributed by atoms with E-state index < -0.39 is 11.9 Å². The van der Waals surface area contributed by atoms with E-state index in [0.717, 1.165) is 11.1 Å². The first-order valence-electron chi connectivity index (χ1n) is 8.50. The molecule has 0 atom stereocenters. The summed E-state index contributed by atoms with van der Waals surface area (Å²) in [5.41, 5.74) is 3.14. The van der Waals surface area contributed by atoms with E-state index in [1.165, 1.54) is 0 Å². The van der Waals surface area contributed by atoms with Gasteiger partial charge in [0, 0.05) is 0 Å². The van der Waals surface area contributed by atoms with Gasteiger partial charge < -0.3 is 10.2 Å². The van der Waals surface area contributed by atoms with E-state index in [1.54, 1.807) is 24.3 Å². The molecule has 4 nitrogen and oxygen atoms in total. The Morgan fingerprint density at radius 3 is 0.964 bits per heavy atom. The Morgan fingerprint density at radius 1 is 0.607 bits per heavy atom. The van der Waals surface area contributed by atoms with Crippen LogP contribution >= 0.6 is 0 Å². The van der Waals surface area contributed by atoms with E-state index in [9.17, 15) is 9.59 Å². The average molecular weight is 406 g/mol. The van der Waals surface area contributed by atoms with E-state index in [0.29, 0.717) is 11.1 Å². The van der Waals surface area contributed by atoms with E-state index >= 15 is 0 Å². The van der Waals surface area contributed by atoms with Gasteiger partial charge in [0.1, 0.15) is 0 Å². The number of aromatic carboxylic acids is 2. The Bertz CT molecular complexity index is 688. The quantitative estimate of drug-likeness (QED) is 0.748. The number of rotatable bonds is 2. The molecule has 0 heterocycles. The normalized spacial score (nSPS) is 10.5. The molecule has 0 saturated heterocycles. The summed E-state index contributed by atoms with van der Waals surface area (Å²) in [4.78, 5) is 21.1. The molecule has 0 aliphatic heterocycles. The van der Waals surface area contributed by atoms with Crippen LogP contribution in [0.2, 0.25) is 0 Å². The molecule has 2 rings (SSSR count). The zero-order valence-electron chi connectivity index (χ0n) is 17.9. The molecule has 0 amide bonds. The van der Waals surface area contributed by atoms with Gasteiger partial charge in [0.2, 0.25) is 0 Å². The van der Waals surface area contributed by atoms with Crippen molar-refractivity contribution in [3.63, 3.8) is 0 Å². The maximum absolute atomic E-state index is 10.6. The molecule has 2 aromatic rings. The van der Waals surface area contributed by atoms with E-state index in [2.05, 4.69) is 41.5 Å². The second kappa shape index (κ2) is 11.8. The van der Waals surface area contributed by atoms with Crippen LogP contribution in [0.25, 0.3) is 0 Å². The number of benzene rings is 2. The summed E-state index contributed by atoms with van der Waals surface area (Å²) in [6.07, 6.45) is 0. The number of carboxylic acid groups (broad SMARTS) is 2. The number of hydrogen-bond donors (Lipinski definition) is 2. The molecular weight excluding hydrogens is 378 g/mol. The molecule has 140 valence electrons. The van der Waals surface area contributed by atoms with Gasteiger partial charge in [0.15, 0.2) is 0 Å². The number of carboxylic acids is 2. The third-order valence-corrected chi connectivity index (χ3v) is 4.00. The molecule has 0 spiro atoms. The first-order chi connectivity index (χ1) is 11.8. The van der Waals surface area contributed by atoms with Gasteiger partial charge in [0.25, 0.3) is 0 Å². The standard InChI is InChI=1S/2C11H14O2.Al.Na/c2*1-11(2,3)9-6-4-8(5-7-9)10(12)13;;/h2*4-7H,1-3H3,(H,12,13);;/q;;+3;+1. The van der Waals surface area contributed by atoms with E-state index in [4.69, 9.17) is 10.2 Å². The average Bonchev–Trinajstić information content (AvgIpc) is 2.54. The smallest absolute Gasteiger partial charge is 0.478 e. The SMILES string of the molecule is CC(C)(C)c1ccc(C(=O)O)cc1.CC(C)(C)c1ccc(C(=O)O)cc1.[Al+3].[Na+]. The molecule has 2 aromatic carbocycles. The summed E-state index contributed by atoms with van der Waals surface area (Å²) in [6, 6.07) is 14.0. The number of carbonyl (C=O) groups is 2. The summed E-state index contributed by atoms with van der Waals surface area (Å²) < 4.78 is 0. The molecule has 0 aliphatic carbocycles. The van der Waals surface area contributed by atoms with Crippen molar-refractivity contribution in [1.29, 1.82) is 0 Å². The monoisotopic (exact) mass is 406 g/mol. The molecule has 2 N–H and O–H groups in total. The van der Waals surface area contributed by atoms with Crippen LogP contribution in [-0.4, -0.2) is 39.5 Å². The van der Waals surface area contributed by atoms with Crippen LogP contribution in [0, 0.1) is 0 Å². The Morgan fingerprint density at radius 2 is 0.821 bits per heavy atom. The second-order valence-electron chi connectivity index (χ2n) is 8.27. The fraction of sp³-hybridized carbons (Fsp3) is 0.364. The largest absolute Gasteiger partial charge is 3.00 e. The maximum Gasteiger partial charge on any atom is 3.00 e. The van der Waals surface area contributed by atoms with Crippen LogP contribution in [0.4, 0.5) is 0 Å². The van der Waals surface area contributed by atoms with Gasteiger partial charge in [0.05, 0.1) is 11.1 Å². The Balaban J connectivity index is 0. The van der Waals surface area contributed by atoms with Gasteiger partial charge in [-0.25, -0.2) is 9.59 Å². The topological polar surface area (TPSA) is 74.6 Å². The van der Waals surface area contributed by atoms with E-state index in [1.807, 2.05) is 24.3 Å². The van der Waals surface area contributed by atoms with Crippen LogP contribution in [0.1, 0.15) is 73.4 Å². The molecule has 0 radical (unpaired) electrons. The minimum atomic E-state index is -0.875. The fourth-order valence-electron chi connectivity index (χ4n) is 2.23. The summed E-state index contributed by atoms with van der Waals surface area (Å²) in [7, 11) is 0. The van der Waals surface area contributed by atoms with Crippen molar-refractivity contribution < 1.29 is 49.4 Å². The zero-order valence-corrected chi connectivity index (χ0v) is 21.1. The first kappa shape index (κ1) is 29.1. The van der Waals surface area contributed by atoms with Gasteiger partial charge >= 0.3 is 58.9 Å². The molecule has 0 bridgehead atoms. The van der Waals surface area contributed by atoms with Crippen molar-refractivity contribution in [2.45, 2.75) is 52.4 Å². The molecule has 6 heteroatoms. The van der Waals surface area contributed by atoms with Crippen molar-refractivity contribution in [1.82, 2.24) is 0 Å². The van der Waals surface area contributed by atoms with Gasteiger partial charge in [-0.3, -0.25) is 0 Å². The predicted octanol–water partition coefficient (Wildman–Crippen LogP) is 1.99. The van der Waals surface area contributed by atoms with Gasteiger partial charge in [-0.15, -0.1) is 0 Å². The molecule has 28 heavy (non-hydrogen) atoms. The van der Waals surface area contributed by atoms with Crippen molar-refractivity contribution in [3.05, 3.63) is 70.8 Å². The molecular formula is C22H28AlNaO4+4. The fourth-order valence-corrected chi connectivity index (χ4v) is 2.23. The van der Waals surface area contributed by atoms with Crippen molar-refractivity contribution in [3.8, 4) is 0 Å². The van der Waals surface area contributed by atoms with Crippen LogP contribution in [0.3, 0.4) is 0 Å². The van der Waals surface area contributed by atoms with Crippen LogP contribution in [0.5, 0.6) is 0 Å². The molecule has 0 fully saturated rings. The zero-order chi connectivity index (χ0) is 20.1.